The van der Waals surface area contributed by atoms with Crippen molar-refractivity contribution in [1.82, 2.24) is 0 Å². The fourth-order valence-electron chi connectivity index (χ4n) is 2.89. The number of rotatable bonds is 5. The van der Waals surface area contributed by atoms with E-state index in [9.17, 15) is 0 Å². The largest absolute Gasteiger partial charge is 0.358 e. The molecule has 2 aliphatic rings. The molecule has 0 aromatic heterocycles. The molecule has 0 amide bonds. The minimum absolute atomic E-state index is 0.578. The quantitative estimate of drug-likeness (QED) is 0.404. The normalized spacial score (nSPS) is 33.9. The minimum Gasteiger partial charge on any atom is -0.358 e. The van der Waals surface area contributed by atoms with Crippen LogP contribution in [0.3, 0.4) is 0 Å². The molecule has 3 unspecified atom stereocenters. The molecule has 0 aromatic carbocycles. The Kier molecular flexibility index (Phi) is 3.33. The van der Waals surface area contributed by atoms with E-state index in [1.165, 1.54) is 19.3 Å². The van der Waals surface area contributed by atoms with Crippen LogP contribution in [0.4, 0.5) is 0 Å². The summed E-state index contributed by atoms with van der Waals surface area (Å²) >= 11 is 0. The highest BCUT2D eigenvalue weighted by Crippen LogP contribution is 2.45. The van der Waals surface area contributed by atoms with Gasteiger partial charge in [-0.3, -0.25) is 0 Å². The zero-order chi connectivity index (χ0) is 10.9. The highest BCUT2D eigenvalue weighted by Gasteiger charge is 2.36. The Hall–Kier alpha value is -0.123. The Morgan fingerprint density at radius 3 is 2.47 bits per heavy atom. The van der Waals surface area contributed by atoms with E-state index >= 15 is 0 Å². The van der Waals surface area contributed by atoms with Crippen LogP contribution in [-0.2, 0) is 9.47 Å². The van der Waals surface area contributed by atoms with Crippen LogP contribution >= 0.6 is 0 Å². The van der Waals surface area contributed by atoms with Crippen LogP contribution in [0, 0.1) is 17.8 Å². The summed E-state index contributed by atoms with van der Waals surface area (Å²) in [4.78, 5) is 0. The molecule has 3 atom stereocenters. The monoisotopic (exact) mass is 223 g/mol. The van der Waals surface area contributed by atoms with Gasteiger partial charge in [-0.15, -0.1) is 0 Å². The summed E-state index contributed by atoms with van der Waals surface area (Å²) in [7, 11) is 6.89. The van der Waals surface area contributed by atoms with Crippen molar-refractivity contribution >= 4 is 10.2 Å². The average Bonchev–Trinajstić information content (AvgIpc) is 2.87. The molecule has 0 aliphatic heterocycles. The van der Waals surface area contributed by atoms with Crippen molar-refractivity contribution in [3.8, 4) is 0 Å². The zero-order valence-electron chi connectivity index (χ0n) is 9.53. The first kappa shape index (κ1) is 11.4. The van der Waals surface area contributed by atoms with Crippen LogP contribution < -0.4 is 0 Å². The van der Waals surface area contributed by atoms with Crippen LogP contribution in [0.15, 0.2) is 12.2 Å². The topological polar surface area (TPSA) is 18.5 Å². The SMILES string of the molecule is COC([Si])(CCC1CC2C=CC1C2)OC. The molecule has 3 radical (unpaired) electrons. The fraction of sp³-hybridized carbons (Fsp3) is 0.833. The summed E-state index contributed by atoms with van der Waals surface area (Å²) in [6.45, 7) is 0. The van der Waals surface area contributed by atoms with E-state index in [0.29, 0.717) is 0 Å². The first-order chi connectivity index (χ1) is 7.17. The third-order valence-electron chi connectivity index (χ3n) is 3.92. The number of methoxy groups -OCH3 is 2. The van der Waals surface area contributed by atoms with Crippen molar-refractivity contribution < 1.29 is 9.47 Å². The molecule has 15 heavy (non-hydrogen) atoms. The Labute approximate surface area is 95.5 Å². The van der Waals surface area contributed by atoms with Gasteiger partial charge < -0.3 is 9.47 Å². The van der Waals surface area contributed by atoms with Crippen molar-refractivity contribution in [2.45, 2.75) is 31.1 Å². The second-order valence-electron chi connectivity index (χ2n) is 4.74. The smallest absolute Gasteiger partial charge is 0.143 e. The molecule has 1 fully saturated rings. The fourth-order valence-corrected chi connectivity index (χ4v) is 3.03. The molecule has 3 heteroatoms. The number of hydrogen-bond acceptors (Lipinski definition) is 2. The zero-order valence-corrected chi connectivity index (χ0v) is 10.5. The molecule has 0 N–H and O–H groups in total. The van der Waals surface area contributed by atoms with Gasteiger partial charge in [0.15, 0.2) is 0 Å². The van der Waals surface area contributed by atoms with E-state index in [-0.39, 0.29) is 0 Å². The van der Waals surface area contributed by atoms with Gasteiger partial charge in [0.25, 0.3) is 0 Å². The number of fused-ring (bicyclic) bond motifs is 2. The molecule has 2 aliphatic carbocycles. The summed E-state index contributed by atoms with van der Waals surface area (Å²) in [5, 5.41) is 0. The molecule has 2 nitrogen and oxygen atoms in total. The molecule has 1 saturated carbocycles. The lowest BCUT2D eigenvalue weighted by atomic mass is 9.89. The van der Waals surface area contributed by atoms with E-state index in [0.717, 1.165) is 24.2 Å². The summed E-state index contributed by atoms with van der Waals surface area (Å²) in [6, 6.07) is 0. The number of hydrogen-bond donors (Lipinski definition) is 0. The van der Waals surface area contributed by atoms with E-state index in [2.05, 4.69) is 22.4 Å². The van der Waals surface area contributed by atoms with Crippen LogP contribution in [0.2, 0.25) is 0 Å². The van der Waals surface area contributed by atoms with Gasteiger partial charge >= 0.3 is 0 Å². The molecule has 0 aromatic rings. The van der Waals surface area contributed by atoms with Gasteiger partial charge in [-0.2, -0.15) is 0 Å². The van der Waals surface area contributed by atoms with Crippen molar-refractivity contribution in [3.63, 3.8) is 0 Å². The maximum absolute atomic E-state index is 5.30. The van der Waals surface area contributed by atoms with Crippen LogP contribution in [0.1, 0.15) is 25.7 Å². The van der Waals surface area contributed by atoms with Crippen molar-refractivity contribution in [2.75, 3.05) is 14.2 Å². The lowest BCUT2D eigenvalue weighted by Gasteiger charge is -2.29. The Balaban J connectivity index is 1.81. The highest BCUT2D eigenvalue weighted by atomic mass is 28.1. The van der Waals surface area contributed by atoms with Gasteiger partial charge in [-0.25, -0.2) is 0 Å². The molecular formula is C12H19O2Si. The van der Waals surface area contributed by atoms with E-state index in [4.69, 9.17) is 9.47 Å². The maximum Gasteiger partial charge on any atom is 0.143 e. The Bertz CT molecular complexity index is 248. The third kappa shape index (κ3) is 2.35. The summed E-state index contributed by atoms with van der Waals surface area (Å²) < 4.78 is 10.6. The molecule has 0 heterocycles. The maximum atomic E-state index is 5.30. The number of allylic oxidation sites excluding steroid dienone is 2. The molecule has 2 rings (SSSR count). The van der Waals surface area contributed by atoms with Crippen LogP contribution in [0.25, 0.3) is 0 Å². The van der Waals surface area contributed by atoms with Crippen molar-refractivity contribution in [2.24, 2.45) is 17.8 Å². The average molecular weight is 223 g/mol. The van der Waals surface area contributed by atoms with E-state index < -0.39 is 5.41 Å². The Morgan fingerprint density at radius 1 is 1.27 bits per heavy atom. The second kappa shape index (κ2) is 4.40. The van der Waals surface area contributed by atoms with Crippen molar-refractivity contribution in [3.05, 3.63) is 12.2 Å². The van der Waals surface area contributed by atoms with Gasteiger partial charge in [0.1, 0.15) is 15.7 Å². The van der Waals surface area contributed by atoms with E-state index in [1.807, 2.05) is 0 Å². The molecule has 83 valence electrons. The predicted molar refractivity (Wildman–Crippen MR) is 60.6 cm³/mol. The summed E-state index contributed by atoms with van der Waals surface area (Å²) in [5.41, 5.74) is -0.578. The Morgan fingerprint density at radius 2 is 2.00 bits per heavy atom. The predicted octanol–water partition coefficient (Wildman–Crippen LogP) is 2.09. The van der Waals surface area contributed by atoms with Gasteiger partial charge in [-0.05, 0) is 43.4 Å². The lowest BCUT2D eigenvalue weighted by Crippen LogP contribution is -2.34. The van der Waals surface area contributed by atoms with E-state index in [1.54, 1.807) is 14.2 Å². The van der Waals surface area contributed by atoms with Gasteiger partial charge in [0.05, 0.1) is 0 Å². The van der Waals surface area contributed by atoms with Crippen molar-refractivity contribution in [1.29, 1.82) is 0 Å². The minimum atomic E-state index is -0.578. The van der Waals surface area contributed by atoms with Gasteiger partial charge in [-0.1, -0.05) is 12.2 Å². The van der Waals surface area contributed by atoms with Crippen LogP contribution in [-0.4, -0.2) is 29.9 Å². The highest BCUT2D eigenvalue weighted by molar-refractivity contribution is 6.13. The first-order valence-electron chi connectivity index (χ1n) is 5.70. The second-order valence-corrected chi connectivity index (χ2v) is 5.50. The summed E-state index contributed by atoms with van der Waals surface area (Å²) in [6.07, 6.45) is 9.61. The standard InChI is InChI=1S/C12H19O2Si/c1-13-12(15,14-2)6-5-11-8-9-3-4-10(11)7-9/h3-4,9-11H,5-8H2,1-2H3. The lowest BCUT2D eigenvalue weighted by molar-refractivity contribution is -0.148. The van der Waals surface area contributed by atoms with Gasteiger partial charge in [0, 0.05) is 14.2 Å². The molecular weight excluding hydrogens is 204 g/mol. The molecule has 0 saturated heterocycles. The summed E-state index contributed by atoms with van der Waals surface area (Å²) in [5.74, 6) is 2.51. The number of ether oxygens (including phenoxy) is 2. The third-order valence-corrected chi connectivity index (χ3v) is 4.58. The molecule has 0 spiro atoms. The van der Waals surface area contributed by atoms with Crippen LogP contribution in [0.5, 0.6) is 0 Å². The van der Waals surface area contributed by atoms with Gasteiger partial charge in [0.2, 0.25) is 0 Å². The first-order valence-corrected chi connectivity index (χ1v) is 6.20. The molecule has 2 bridgehead atoms.